The van der Waals surface area contributed by atoms with Gasteiger partial charge in [-0.2, -0.15) is 0 Å². The van der Waals surface area contributed by atoms with Gasteiger partial charge in [0.05, 0.1) is 24.5 Å². The molecule has 1 aliphatic carbocycles. The van der Waals surface area contributed by atoms with E-state index in [-0.39, 0.29) is 29.2 Å². The number of carbonyl (C=O) groups is 1. The summed E-state index contributed by atoms with van der Waals surface area (Å²) in [6.45, 7) is 10.2. The third-order valence-corrected chi connectivity index (χ3v) is 13.3. The maximum atomic E-state index is 14.3. The van der Waals surface area contributed by atoms with Crippen LogP contribution in [0.5, 0.6) is 0 Å². The number of esters is 1. The number of hydrogen-bond donors (Lipinski definition) is 0. The number of allylic oxidation sites excluding steroid dienone is 2. The summed E-state index contributed by atoms with van der Waals surface area (Å²) < 4.78 is 60.0. The van der Waals surface area contributed by atoms with Crippen LogP contribution in [0.15, 0.2) is 93.4 Å². The molecule has 0 saturated heterocycles. The van der Waals surface area contributed by atoms with Gasteiger partial charge in [0.1, 0.15) is 0 Å². The highest BCUT2D eigenvalue weighted by molar-refractivity contribution is 8.10. The standard InChI is InChI=1S/C27H34O6S2Si/c1-6-33-26(28)17-22-18-27(19-25(22)21(2)20-36(3,4)5,34(29,30)23-13-9-7-10-14-23)35(31,32)24-15-11-8-12-16-24/h7-17,20,25H,6,18-19H2,1-5H3/b21-20-,22-17+. The van der Waals surface area contributed by atoms with Crippen LogP contribution >= 0.6 is 0 Å². The molecule has 1 unspecified atom stereocenters. The predicted octanol–water partition coefficient (Wildman–Crippen LogP) is 5.35. The Balaban J connectivity index is 2.34. The fourth-order valence-corrected chi connectivity index (χ4v) is 11.5. The summed E-state index contributed by atoms with van der Waals surface area (Å²) in [7, 11) is -10.5. The van der Waals surface area contributed by atoms with Gasteiger partial charge in [0.15, 0.2) is 23.8 Å². The molecule has 6 nitrogen and oxygen atoms in total. The monoisotopic (exact) mass is 546 g/mol. The summed E-state index contributed by atoms with van der Waals surface area (Å²) in [4.78, 5) is 12.4. The Bertz CT molecular complexity index is 1300. The summed E-state index contributed by atoms with van der Waals surface area (Å²) in [6, 6.07) is 15.4. The van der Waals surface area contributed by atoms with Gasteiger partial charge in [0.2, 0.25) is 0 Å². The van der Waals surface area contributed by atoms with Crippen LogP contribution in [0.1, 0.15) is 26.7 Å². The Hall–Kier alpha value is -2.49. The first-order chi connectivity index (χ1) is 16.7. The molecule has 0 radical (unpaired) electrons. The van der Waals surface area contributed by atoms with Crippen molar-refractivity contribution >= 4 is 33.7 Å². The molecule has 9 heteroatoms. The van der Waals surface area contributed by atoms with Crippen molar-refractivity contribution < 1.29 is 26.4 Å². The highest BCUT2D eigenvalue weighted by Gasteiger charge is 2.61. The number of rotatable bonds is 8. The summed E-state index contributed by atoms with van der Waals surface area (Å²) in [5, 5.41) is 0. The first-order valence-electron chi connectivity index (χ1n) is 11.9. The maximum absolute atomic E-state index is 14.3. The van der Waals surface area contributed by atoms with Gasteiger partial charge in [-0.3, -0.25) is 0 Å². The predicted molar refractivity (Wildman–Crippen MR) is 145 cm³/mol. The van der Waals surface area contributed by atoms with Gasteiger partial charge in [-0.15, -0.1) is 0 Å². The third-order valence-electron chi connectivity index (χ3n) is 6.32. The average Bonchev–Trinajstić information content (AvgIpc) is 3.21. The second-order valence-corrected chi connectivity index (χ2v) is 20.0. The highest BCUT2D eigenvalue weighted by Crippen LogP contribution is 2.53. The van der Waals surface area contributed by atoms with Crippen LogP contribution in [-0.2, 0) is 29.2 Å². The molecule has 1 saturated carbocycles. The van der Waals surface area contributed by atoms with Crippen molar-refractivity contribution in [1.29, 1.82) is 0 Å². The quantitative estimate of drug-likeness (QED) is 0.252. The zero-order valence-electron chi connectivity index (χ0n) is 21.4. The first kappa shape index (κ1) is 28.1. The molecule has 0 heterocycles. The molecule has 36 heavy (non-hydrogen) atoms. The normalized spacial score (nSPS) is 19.9. The van der Waals surface area contributed by atoms with E-state index in [4.69, 9.17) is 4.74 Å². The van der Waals surface area contributed by atoms with Crippen LogP contribution in [0.2, 0.25) is 19.6 Å². The van der Waals surface area contributed by atoms with Crippen LogP contribution < -0.4 is 0 Å². The van der Waals surface area contributed by atoms with Crippen LogP contribution in [0.25, 0.3) is 0 Å². The van der Waals surface area contributed by atoms with Crippen LogP contribution in [0.3, 0.4) is 0 Å². The minimum Gasteiger partial charge on any atom is -0.463 e. The maximum Gasteiger partial charge on any atom is 0.330 e. The zero-order chi connectivity index (χ0) is 26.8. The molecule has 0 aliphatic heterocycles. The molecule has 2 aromatic rings. The van der Waals surface area contributed by atoms with Gasteiger partial charge in [-0.05, 0) is 44.5 Å². The summed E-state index contributed by atoms with van der Waals surface area (Å²) in [5.74, 6) is -1.14. The van der Waals surface area contributed by atoms with E-state index in [1.54, 1.807) is 43.3 Å². The fraction of sp³-hybridized carbons (Fsp3) is 0.370. The smallest absolute Gasteiger partial charge is 0.330 e. The van der Waals surface area contributed by atoms with E-state index in [0.717, 1.165) is 5.57 Å². The molecule has 0 spiro atoms. The molecule has 3 rings (SSSR count). The minimum atomic E-state index is -4.39. The van der Waals surface area contributed by atoms with Gasteiger partial charge in [-0.1, -0.05) is 72.9 Å². The SMILES string of the molecule is CCOC(=O)/C=C1\CC(S(=O)(=O)c2ccccc2)(S(=O)(=O)c2ccccc2)CC1/C(C)=C\[Si](C)(C)C. The molecular formula is C27H34O6S2Si. The lowest BCUT2D eigenvalue weighted by Crippen LogP contribution is -2.44. The molecule has 0 bridgehead atoms. The Morgan fingerprint density at radius 1 is 0.944 bits per heavy atom. The molecule has 0 N–H and O–H groups in total. The van der Waals surface area contributed by atoms with E-state index in [9.17, 15) is 21.6 Å². The van der Waals surface area contributed by atoms with Crippen molar-refractivity contribution in [1.82, 2.24) is 0 Å². The van der Waals surface area contributed by atoms with Crippen molar-refractivity contribution in [2.45, 2.75) is 60.2 Å². The largest absolute Gasteiger partial charge is 0.463 e. The van der Waals surface area contributed by atoms with E-state index < -0.39 is 43.7 Å². The summed E-state index contributed by atoms with van der Waals surface area (Å²) in [5.41, 5.74) is 3.47. The molecule has 0 amide bonds. The number of hydrogen-bond acceptors (Lipinski definition) is 6. The highest BCUT2D eigenvalue weighted by atomic mass is 32.3. The van der Waals surface area contributed by atoms with Crippen LogP contribution in [0, 0.1) is 5.92 Å². The lowest BCUT2D eigenvalue weighted by molar-refractivity contribution is -0.137. The van der Waals surface area contributed by atoms with Gasteiger partial charge < -0.3 is 4.74 Å². The number of benzene rings is 2. The molecular weight excluding hydrogens is 513 g/mol. The third kappa shape index (κ3) is 5.43. The Labute approximate surface area is 215 Å². The topological polar surface area (TPSA) is 94.6 Å². The average molecular weight is 547 g/mol. The lowest BCUT2D eigenvalue weighted by atomic mass is 9.95. The molecule has 1 aliphatic rings. The first-order valence-corrected chi connectivity index (χ1v) is 18.5. The van der Waals surface area contributed by atoms with Gasteiger partial charge >= 0.3 is 5.97 Å². The summed E-state index contributed by atoms with van der Waals surface area (Å²) >= 11 is 0. The Kier molecular flexibility index (Phi) is 8.17. The van der Waals surface area contributed by atoms with E-state index in [0.29, 0.717) is 5.57 Å². The molecule has 1 fully saturated rings. The van der Waals surface area contributed by atoms with Crippen molar-refractivity contribution in [2.24, 2.45) is 5.92 Å². The minimum absolute atomic E-state index is 0.0625. The zero-order valence-corrected chi connectivity index (χ0v) is 24.0. The van der Waals surface area contributed by atoms with Crippen LogP contribution in [0.4, 0.5) is 0 Å². The van der Waals surface area contributed by atoms with E-state index in [1.165, 1.54) is 30.3 Å². The van der Waals surface area contributed by atoms with Crippen molar-refractivity contribution in [3.8, 4) is 0 Å². The van der Waals surface area contributed by atoms with E-state index >= 15 is 0 Å². The van der Waals surface area contributed by atoms with Crippen molar-refractivity contribution in [3.63, 3.8) is 0 Å². The fourth-order valence-electron chi connectivity index (χ4n) is 4.86. The Morgan fingerprint density at radius 3 is 1.83 bits per heavy atom. The van der Waals surface area contributed by atoms with Gasteiger partial charge in [0.25, 0.3) is 0 Å². The van der Waals surface area contributed by atoms with Gasteiger partial charge in [-0.25, -0.2) is 21.6 Å². The Morgan fingerprint density at radius 2 is 1.42 bits per heavy atom. The van der Waals surface area contributed by atoms with E-state index in [1.807, 2.05) is 6.92 Å². The molecule has 1 atom stereocenters. The molecule has 2 aromatic carbocycles. The molecule has 0 aromatic heterocycles. The van der Waals surface area contributed by atoms with Gasteiger partial charge in [0, 0.05) is 18.4 Å². The van der Waals surface area contributed by atoms with E-state index in [2.05, 4.69) is 25.3 Å². The number of ether oxygens (including phenoxy) is 1. The number of carbonyl (C=O) groups excluding carboxylic acids is 1. The second kappa shape index (κ2) is 10.5. The lowest BCUT2D eigenvalue weighted by Gasteiger charge is -2.29. The van der Waals surface area contributed by atoms with Crippen LogP contribution in [-0.4, -0.2) is 41.6 Å². The number of sulfone groups is 2. The van der Waals surface area contributed by atoms with Crippen molar-refractivity contribution in [2.75, 3.05) is 6.61 Å². The molecule has 194 valence electrons. The summed E-state index contributed by atoms with van der Waals surface area (Å²) in [6.07, 6.45) is 0.791. The van der Waals surface area contributed by atoms with Crippen molar-refractivity contribution in [3.05, 3.63) is 83.6 Å². The second-order valence-electron chi connectivity index (χ2n) is 10.2.